The summed E-state index contributed by atoms with van der Waals surface area (Å²) in [5.74, 6) is 5.15. The lowest BCUT2D eigenvalue weighted by Gasteiger charge is -2.08. The van der Waals surface area contributed by atoms with E-state index in [9.17, 15) is 9.18 Å². The fourth-order valence-electron chi connectivity index (χ4n) is 1.96. The quantitative estimate of drug-likeness (QED) is 0.647. The van der Waals surface area contributed by atoms with Crippen molar-refractivity contribution in [1.82, 2.24) is 0 Å². The van der Waals surface area contributed by atoms with Crippen LogP contribution in [0.5, 0.6) is 0 Å². The number of para-hydroxylation sites is 1. The summed E-state index contributed by atoms with van der Waals surface area (Å²) in [6.45, 7) is 2.12. The first-order valence-corrected chi connectivity index (χ1v) is 7.36. The van der Waals surface area contributed by atoms with Crippen molar-refractivity contribution in [2.45, 2.75) is 26.2 Å². The Balaban J connectivity index is 2.17. The van der Waals surface area contributed by atoms with Crippen molar-refractivity contribution < 1.29 is 9.18 Å². The molecule has 0 radical (unpaired) electrons. The van der Waals surface area contributed by atoms with Crippen molar-refractivity contribution in [2.24, 2.45) is 0 Å². The number of anilines is 1. The number of benzene rings is 2. The highest BCUT2D eigenvalue weighted by atomic mass is 19.1. The lowest BCUT2D eigenvalue weighted by atomic mass is 10.1. The number of nitrogens with one attached hydrogen (secondary N) is 1. The van der Waals surface area contributed by atoms with Gasteiger partial charge in [0.25, 0.3) is 5.91 Å². The standard InChI is InChI=1S/C19H18FNO/c1-2-3-4-5-10-15-11-6-9-14-18(15)21-19(22)16-12-7-8-13-17(16)20/h6-9,11-14H,2-4H2,1H3,(H,21,22). The van der Waals surface area contributed by atoms with Gasteiger partial charge in [0.05, 0.1) is 11.3 Å². The fourth-order valence-corrected chi connectivity index (χ4v) is 1.96. The first-order chi connectivity index (χ1) is 10.7. The molecule has 1 amide bonds. The molecule has 0 heterocycles. The minimum absolute atomic E-state index is 0.0243. The fraction of sp³-hybridized carbons (Fsp3) is 0.211. The molecular formula is C19H18FNO. The molecule has 0 bridgehead atoms. The molecule has 0 aliphatic heterocycles. The Labute approximate surface area is 130 Å². The highest BCUT2D eigenvalue weighted by Crippen LogP contribution is 2.16. The second-order valence-electron chi connectivity index (χ2n) is 4.88. The van der Waals surface area contributed by atoms with E-state index in [1.54, 1.807) is 18.2 Å². The predicted octanol–water partition coefficient (Wildman–Crippen LogP) is 4.62. The number of unbranched alkanes of at least 4 members (excludes halogenated alkanes) is 2. The highest BCUT2D eigenvalue weighted by Gasteiger charge is 2.12. The summed E-state index contributed by atoms with van der Waals surface area (Å²) in [4.78, 5) is 12.2. The van der Waals surface area contributed by atoms with E-state index in [2.05, 4.69) is 24.1 Å². The third kappa shape index (κ3) is 4.20. The molecule has 0 unspecified atom stereocenters. The van der Waals surface area contributed by atoms with Gasteiger partial charge in [-0.25, -0.2) is 4.39 Å². The molecule has 0 fully saturated rings. The van der Waals surface area contributed by atoms with Gasteiger partial charge in [-0.3, -0.25) is 4.79 Å². The first-order valence-electron chi connectivity index (χ1n) is 7.36. The van der Waals surface area contributed by atoms with E-state index >= 15 is 0 Å². The summed E-state index contributed by atoms with van der Waals surface area (Å²) < 4.78 is 13.6. The van der Waals surface area contributed by atoms with Crippen LogP contribution in [0.2, 0.25) is 0 Å². The number of hydrogen-bond donors (Lipinski definition) is 1. The third-order valence-electron chi connectivity index (χ3n) is 3.17. The van der Waals surface area contributed by atoms with Crippen molar-refractivity contribution in [2.75, 3.05) is 5.32 Å². The molecule has 0 aliphatic rings. The van der Waals surface area contributed by atoms with Crippen LogP contribution in [0.4, 0.5) is 10.1 Å². The van der Waals surface area contributed by atoms with Crippen LogP contribution in [0, 0.1) is 17.7 Å². The number of carbonyl (C=O) groups is 1. The molecule has 0 spiro atoms. The molecule has 1 N–H and O–H groups in total. The van der Waals surface area contributed by atoms with Gasteiger partial charge in [-0.2, -0.15) is 0 Å². The molecule has 2 aromatic rings. The van der Waals surface area contributed by atoms with Crippen LogP contribution in [-0.2, 0) is 0 Å². The predicted molar refractivity (Wildman–Crippen MR) is 87.2 cm³/mol. The maximum absolute atomic E-state index is 13.6. The van der Waals surface area contributed by atoms with Crippen LogP contribution < -0.4 is 5.32 Å². The summed E-state index contributed by atoms with van der Waals surface area (Å²) >= 11 is 0. The van der Waals surface area contributed by atoms with E-state index in [-0.39, 0.29) is 5.56 Å². The van der Waals surface area contributed by atoms with Gasteiger partial charge in [-0.15, -0.1) is 0 Å². The summed E-state index contributed by atoms with van der Waals surface area (Å²) in [5, 5.41) is 2.73. The van der Waals surface area contributed by atoms with Crippen LogP contribution >= 0.6 is 0 Å². The van der Waals surface area contributed by atoms with Gasteiger partial charge in [0.2, 0.25) is 0 Å². The molecule has 0 aromatic heterocycles. The summed E-state index contributed by atoms with van der Waals surface area (Å²) in [5.41, 5.74) is 1.36. The molecule has 3 heteroatoms. The minimum Gasteiger partial charge on any atom is -0.321 e. The van der Waals surface area contributed by atoms with Crippen LogP contribution in [0.1, 0.15) is 42.1 Å². The second-order valence-corrected chi connectivity index (χ2v) is 4.88. The maximum atomic E-state index is 13.6. The van der Waals surface area contributed by atoms with Gasteiger partial charge >= 0.3 is 0 Å². The molecule has 2 nitrogen and oxygen atoms in total. The Morgan fingerprint density at radius 1 is 1.14 bits per heavy atom. The normalized spacial score (nSPS) is 9.73. The Kier molecular flexibility index (Phi) is 5.73. The van der Waals surface area contributed by atoms with E-state index in [0.717, 1.165) is 24.8 Å². The van der Waals surface area contributed by atoms with Gasteiger partial charge < -0.3 is 5.32 Å². The monoisotopic (exact) mass is 295 g/mol. The number of halogens is 1. The molecular weight excluding hydrogens is 277 g/mol. The number of hydrogen-bond acceptors (Lipinski definition) is 1. The van der Waals surface area contributed by atoms with Gasteiger partial charge in [0.1, 0.15) is 5.82 Å². The maximum Gasteiger partial charge on any atom is 0.258 e. The summed E-state index contributed by atoms with van der Waals surface area (Å²) in [6, 6.07) is 13.2. The van der Waals surface area contributed by atoms with E-state index in [1.165, 1.54) is 12.1 Å². The Morgan fingerprint density at radius 3 is 2.64 bits per heavy atom. The lowest BCUT2D eigenvalue weighted by Crippen LogP contribution is -2.14. The average molecular weight is 295 g/mol. The van der Waals surface area contributed by atoms with E-state index in [4.69, 9.17) is 0 Å². The highest BCUT2D eigenvalue weighted by molar-refractivity contribution is 6.05. The van der Waals surface area contributed by atoms with Crippen molar-refractivity contribution >= 4 is 11.6 Å². The third-order valence-corrected chi connectivity index (χ3v) is 3.17. The molecule has 112 valence electrons. The van der Waals surface area contributed by atoms with Gasteiger partial charge in [-0.1, -0.05) is 49.5 Å². The largest absolute Gasteiger partial charge is 0.321 e. The number of rotatable bonds is 4. The van der Waals surface area contributed by atoms with Crippen LogP contribution in [-0.4, -0.2) is 5.91 Å². The zero-order chi connectivity index (χ0) is 15.8. The average Bonchev–Trinajstić information content (AvgIpc) is 2.53. The molecule has 0 saturated heterocycles. The molecule has 0 aliphatic carbocycles. The zero-order valence-electron chi connectivity index (χ0n) is 12.5. The minimum atomic E-state index is -0.536. The van der Waals surface area contributed by atoms with E-state index in [1.807, 2.05) is 18.2 Å². The SMILES string of the molecule is CCCCC#Cc1ccccc1NC(=O)c1ccccc1F. The number of carbonyl (C=O) groups excluding carboxylic acids is 1. The molecule has 0 atom stereocenters. The lowest BCUT2D eigenvalue weighted by molar-refractivity contribution is 0.102. The first kappa shape index (κ1) is 15.8. The smallest absolute Gasteiger partial charge is 0.258 e. The van der Waals surface area contributed by atoms with Gasteiger partial charge in [-0.05, 0) is 30.7 Å². The summed E-state index contributed by atoms with van der Waals surface area (Å²) in [7, 11) is 0. The van der Waals surface area contributed by atoms with Crippen molar-refractivity contribution in [3.8, 4) is 11.8 Å². The second kappa shape index (κ2) is 7.99. The van der Waals surface area contributed by atoms with Crippen molar-refractivity contribution in [3.63, 3.8) is 0 Å². The molecule has 22 heavy (non-hydrogen) atoms. The van der Waals surface area contributed by atoms with Crippen molar-refractivity contribution in [1.29, 1.82) is 0 Å². The van der Waals surface area contributed by atoms with Crippen molar-refractivity contribution in [3.05, 3.63) is 65.5 Å². The Bertz CT molecular complexity index is 713. The topological polar surface area (TPSA) is 29.1 Å². The van der Waals surface area contributed by atoms with E-state index in [0.29, 0.717) is 5.69 Å². The van der Waals surface area contributed by atoms with Gasteiger partial charge in [0.15, 0.2) is 0 Å². The molecule has 2 rings (SSSR count). The van der Waals surface area contributed by atoms with Crippen LogP contribution in [0.3, 0.4) is 0 Å². The van der Waals surface area contributed by atoms with Gasteiger partial charge in [0, 0.05) is 12.0 Å². The molecule has 0 saturated carbocycles. The summed E-state index contributed by atoms with van der Waals surface area (Å²) in [6.07, 6.45) is 2.98. The molecule has 2 aromatic carbocycles. The van der Waals surface area contributed by atoms with Crippen LogP contribution in [0.15, 0.2) is 48.5 Å². The number of amides is 1. The Morgan fingerprint density at radius 2 is 1.86 bits per heavy atom. The zero-order valence-corrected chi connectivity index (χ0v) is 12.5. The van der Waals surface area contributed by atoms with Crippen LogP contribution in [0.25, 0.3) is 0 Å². The Hall–Kier alpha value is -2.60. The van der Waals surface area contributed by atoms with E-state index < -0.39 is 11.7 Å².